The van der Waals surface area contributed by atoms with E-state index in [0.717, 1.165) is 0 Å². The minimum atomic E-state index is -0.467. The first kappa shape index (κ1) is 18.0. The first-order valence-electron chi connectivity index (χ1n) is 7.61. The van der Waals surface area contributed by atoms with Gasteiger partial charge >= 0.3 is 5.97 Å². The number of carbonyl (C=O) groups excluding carboxylic acids is 2. The van der Waals surface area contributed by atoms with E-state index in [-0.39, 0.29) is 41.7 Å². The van der Waals surface area contributed by atoms with Crippen molar-refractivity contribution in [3.8, 4) is 0 Å². The maximum absolute atomic E-state index is 12.3. The molecule has 2 atom stereocenters. The van der Waals surface area contributed by atoms with Crippen molar-refractivity contribution in [3.63, 3.8) is 0 Å². The van der Waals surface area contributed by atoms with Gasteiger partial charge in [-0.25, -0.2) is 0 Å². The van der Waals surface area contributed by atoms with Gasteiger partial charge in [-0.3, -0.25) is 14.5 Å². The molecule has 21 heavy (non-hydrogen) atoms. The van der Waals surface area contributed by atoms with Gasteiger partial charge in [-0.1, -0.05) is 13.8 Å². The number of carbonyl (C=O) groups is 2. The summed E-state index contributed by atoms with van der Waals surface area (Å²) in [5.74, 6) is -0.379. The summed E-state index contributed by atoms with van der Waals surface area (Å²) in [6.45, 7) is 14.8. The molecule has 0 bridgehead atoms. The number of primary amides is 1. The molecule has 0 spiro atoms. The van der Waals surface area contributed by atoms with Gasteiger partial charge in [0.25, 0.3) is 0 Å². The molecule has 1 rings (SSSR count). The fraction of sp³-hybridized carbons (Fsp3) is 0.875. The third-order valence-corrected chi connectivity index (χ3v) is 4.23. The summed E-state index contributed by atoms with van der Waals surface area (Å²) < 4.78 is 5.50. The number of amides is 1. The molecule has 122 valence electrons. The highest BCUT2D eigenvalue weighted by molar-refractivity contribution is 5.78. The number of nitrogens with zero attached hydrogens (tertiary/aromatic N) is 1. The maximum Gasteiger partial charge on any atom is 0.310 e. The molecule has 0 aliphatic heterocycles. The van der Waals surface area contributed by atoms with Crippen molar-refractivity contribution in [3.05, 3.63) is 0 Å². The molecule has 0 heterocycles. The maximum atomic E-state index is 12.3. The normalized spacial score (nSPS) is 24.2. The van der Waals surface area contributed by atoms with E-state index >= 15 is 0 Å². The lowest BCUT2D eigenvalue weighted by Gasteiger charge is -2.25. The fourth-order valence-electron chi connectivity index (χ4n) is 2.83. The molecular weight excluding hydrogens is 268 g/mol. The van der Waals surface area contributed by atoms with Crippen LogP contribution < -0.4 is 5.73 Å². The van der Waals surface area contributed by atoms with Crippen LogP contribution in [-0.2, 0) is 14.3 Å². The van der Waals surface area contributed by atoms with Crippen LogP contribution in [0.4, 0.5) is 0 Å². The van der Waals surface area contributed by atoms with E-state index < -0.39 is 5.60 Å². The molecule has 1 aliphatic rings. The van der Waals surface area contributed by atoms with Gasteiger partial charge in [-0.15, -0.1) is 0 Å². The van der Waals surface area contributed by atoms with Gasteiger partial charge in [0, 0.05) is 12.6 Å². The van der Waals surface area contributed by atoms with Gasteiger partial charge in [0.15, 0.2) is 0 Å². The standard InChI is InChI=1S/C16H30N2O3/c1-10(2)18(9-12(17)19)8-11-13(16(11,6)7)14(20)21-15(3,4)5/h10-11,13H,8-9H2,1-7H3,(H2,17,19)/t11-,13+/m0/s1. The minimum absolute atomic E-state index is 0.0902. The molecule has 1 aliphatic carbocycles. The summed E-state index contributed by atoms with van der Waals surface area (Å²) in [5.41, 5.74) is 4.74. The van der Waals surface area contributed by atoms with Gasteiger partial charge in [0.05, 0.1) is 12.5 Å². The van der Waals surface area contributed by atoms with Crippen molar-refractivity contribution in [1.82, 2.24) is 4.90 Å². The smallest absolute Gasteiger partial charge is 0.310 e. The van der Waals surface area contributed by atoms with Crippen molar-refractivity contribution in [1.29, 1.82) is 0 Å². The van der Waals surface area contributed by atoms with Gasteiger partial charge in [0.1, 0.15) is 5.60 Å². The Labute approximate surface area is 128 Å². The molecule has 0 saturated heterocycles. The largest absolute Gasteiger partial charge is 0.460 e. The molecule has 0 unspecified atom stereocenters. The lowest BCUT2D eigenvalue weighted by atomic mass is 10.1. The van der Waals surface area contributed by atoms with Crippen LogP contribution in [0.3, 0.4) is 0 Å². The highest BCUT2D eigenvalue weighted by Gasteiger charge is 2.63. The second-order valence-electron chi connectivity index (χ2n) is 7.93. The Bertz CT molecular complexity index is 410. The van der Waals surface area contributed by atoms with E-state index in [4.69, 9.17) is 10.5 Å². The highest BCUT2D eigenvalue weighted by atomic mass is 16.6. The molecule has 0 aromatic heterocycles. The summed E-state index contributed by atoms with van der Waals surface area (Å²) in [7, 11) is 0. The highest BCUT2D eigenvalue weighted by Crippen LogP contribution is 2.59. The van der Waals surface area contributed by atoms with E-state index in [2.05, 4.69) is 13.8 Å². The van der Waals surface area contributed by atoms with E-state index in [1.165, 1.54) is 0 Å². The number of hydrogen-bond donors (Lipinski definition) is 1. The Morgan fingerprint density at radius 1 is 1.29 bits per heavy atom. The Hall–Kier alpha value is -1.10. The predicted molar refractivity (Wildman–Crippen MR) is 82.5 cm³/mol. The van der Waals surface area contributed by atoms with Gasteiger partial charge in [-0.05, 0) is 46.0 Å². The van der Waals surface area contributed by atoms with Crippen molar-refractivity contribution < 1.29 is 14.3 Å². The monoisotopic (exact) mass is 298 g/mol. The number of rotatable bonds is 6. The van der Waals surface area contributed by atoms with Crippen molar-refractivity contribution in [2.24, 2.45) is 23.0 Å². The number of hydrogen-bond acceptors (Lipinski definition) is 4. The Balaban J connectivity index is 2.71. The van der Waals surface area contributed by atoms with Gasteiger partial charge in [0.2, 0.25) is 5.91 Å². The third kappa shape index (κ3) is 4.70. The second-order valence-corrected chi connectivity index (χ2v) is 7.93. The molecule has 0 aromatic rings. The molecule has 1 saturated carbocycles. The zero-order valence-electron chi connectivity index (χ0n) is 14.4. The van der Waals surface area contributed by atoms with Crippen LogP contribution in [0.1, 0.15) is 48.5 Å². The predicted octanol–water partition coefficient (Wildman–Crippen LogP) is 1.80. The SMILES string of the molecule is CC(C)N(CC(N)=O)C[C@H]1[C@H](C(=O)OC(C)(C)C)C1(C)C. The molecule has 5 heteroatoms. The molecule has 1 amide bonds. The van der Waals surface area contributed by atoms with Gasteiger partial charge < -0.3 is 10.5 Å². The Morgan fingerprint density at radius 3 is 2.19 bits per heavy atom. The van der Waals surface area contributed by atoms with Crippen LogP contribution >= 0.6 is 0 Å². The van der Waals surface area contributed by atoms with Crippen LogP contribution in [0.25, 0.3) is 0 Å². The van der Waals surface area contributed by atoms with Crippen LogP contribution in [0.2, 0.25) is 0 Å². The zero-order chi connectivity index (χ0) is 16.6. The third-order valence-electron chi connectivity index (χ3n) is 4.23. The van der Waals surface area contributed by atoms with Gasteiger partial charge in [-0.2, -0.15) is 0 Å². The number of esters is 1. The first-order chi connectivity index (χ1) is 9.36. The summed E-state index contributed by atoms with van der Waals surface area (Å²) in [6, 6.07) is 0.216. The first-order valence-corrected chi connectivity index (χ1v) is 7.61. The molecule has 2 N–H and O–H groups in total. The van der Waals surface area contributed by atoms with E-state index in [0.29, 0.717) is 6.54 Å². The second kappa shape index (κ2) is 5.95. The average Bonchev–Trinajstić information content (AvgIpc) is 2.76. The lowest BCUT2D eigenvalue weighted by Crippen LogP contribution is -2.40. The van der Waals surface area contributed by atoms with E-state index in [1.807, 2.05) is 39.5 Å². The van der Waals surface area contributed by atoms with Crippen LogP contribution in [0.15, 0.2) is 0 Å². The Morgan fingerprint density at radius 2 is 1.81 bits per heavy atom. The van der Waals surface area contributed by atoms with Crippen molar-refractivity contribution >= 4 is 11.9 Å². The summed E-state index contributed by atoms with van der Waals surface area (Å²) in [5, 5.41) is 0. The minimum Gasteiger partial charge on any atom is -0.460 e. The van der Waals surface area contributed by atoms with E-state index in [1.54, 1.807) is 0 Å². The Kier molecular flexibility index (Phi) is 5.09. The lowest BCUT2D eigenvalue weighted by molar-refractivity contribution is -0.157. The summed E-state index contributed by atoms with van der Waals surface area (Å²) in [6.07, 6.45) is 0. The van der Waals surface area contributed by atoms with Crippen LogP contribution in [0, 0.1) is 17.3 Å². The average molecular weight is 298 g/mol. The van der Waals surface area contributed by atoms with E-state index in [9.17, 15) is 9.59 Å². The zero-order valence-corrected chi connectivity index (χ0v) is 14.4. The number of ether oxygens (including phenoxy) is 1. The van der Waals surface area contributed by atoms with Crippen molar-refractivity contribution in [2.45, 2.75) is 60.1 Å². The van der Waals surface area contributed by atoms with Crippen LogP contribution in [-0.4, -0.2) is 41.5 Å². The molecule has 0 aromatic carbocycles. The topological polar surface area (TPSA) is 72.6 Å². The molecular formula is C16H30N2O3. The summed E-state index contributed by atoms with van der Waals surface area (Å²) >= 11 is 0. The quantitative estimate of drug-likeness (QED) is 0.759. The summed E-state index contributed by atoms with van der Waals surface area (Å²) in [4.78, 5) is 25.5. The molecule has 1 fully saturated rings. The van der Waals surface area contributed by atoms with Crippen LogP contribution in [0.5, 0.6) is 0 Å². The molecule has 0 radical (unpaired) electrons. The fourth-order valence-corrected chi connectivity index (χ4v) is 2.83. The number of nitrogens with two attached hydrogens (primary N) is 1. The van der Waals surface area contributed by atoms with Crippen molar-refractivity contribution in [2.75, 3.05) is 13.1 Å². The molecule has 5 nitrogen and oxygen atoms in total.